The lowest BCUT2D eigenvalue weighted by Gasteiger charge is -2.13. The molecular formula is C13H17N3O4. The molecule has 0 radical (unpaired) electrons. The van der Waals surface area contributed by atoms with Crippen molar-refractivity contribution in [2.75, 3.05) is 25.6 Å². The van der Waals surface area contributed by atoms with E-state index in [1.165, 1.54) is 6.92 Å². The number of benzene rings is 1. The molecule has 2 amide bonds. The highest BCUT2D eigenvalue weighted by atomic mass is 16.5. The summed E-state index contributed by atoms with van der Waals surface area (Å²) in [6.45, 7) is 0.782. The average Bonchev–Trinajstić information content (AvgIpc) is 2.42. The van der Waals surface area contributed by atoms with Crippen molar-refractivity contribution in [2.24, 2.45) is 0 Å². The fourth-order valence-electron chi connectivity index (χ4n) is 1.32. The lowest BCUT2D eigenvalue weighted by molar-refractivity contribution is -0.129. The van der Waals surface area contributed by atoms with E-state index >= 15 is 0 Å². The Morgan fingerprint density at radius 1 is 1.20 bits per heavy atom. The van der Waals surface area contributed by atoms with Gasteiger partial charge >= 0.3 is 5.97 Å². The standard InChI is InChI=1S/C13H17N3O4/c1-9(17)14-15-12(18)8-20-13(19)10-5-4-6-11(7-10)16(2)3/h4-7H,8H2,1-3H3,(H,14,17)(H,15,18). The van der Waals surface area contributed by atoms with Crippen LogP contribution in [0.15, 0.2) is 24.3 Å². The second kappa shape index (κ2) is 7.13. The number of anilines is 1. The monoisotopic (exact) mass is 279 g/mol. The van der Waals surface area contributed by atoms with Crippen LogP contribution in [-0.4, -0.2) is 38.5 Å². The summed E-state index contributed by atoms with van der Waals surface area (Å²) in [5, 5.41) is 0. The maximum absolute atomic E-state index is 11.8. The molecule has 1 rings (SSSR count). The van der Waals surface area contributed by atoms with Crippen molar-refractivity contribution in [3.8, 4) is 0 Å². The van der Waals surface area contributed by atoms with Crippen LogP contribution >= 0.6 is 0 Å². The molecule has 1 aromatic rings. The van der Waals surface area contributed by atoms with E-state index in [4.69, 9.17) is 4.74 Å². The first kappa shape index (κ1) is 15.5. The van der Waals surface area contributed by atoms with E-state index in [0.29, 0.717) is 5.56 Å². The van der Waals surface area contributed by atoms with E-state index in [0.717, 1.165) is 5.69 Å². The number of hydrogen-bond acceptors (Lipinski definition) is 5. The minimum Gasteiger partial charge on any atom is -0.452 e. The molecule has 20 heavy (non-hydrogen) atoms. The summed E-state index contributed by atoms with van der Waals surface area (Å²) in [5.41, 5.74) is 5.39. The quantitative estimate of drug-likeness (QED) is 0.602. The zero-order valence-electron chi connectivity index (χ0n) is 11.6. The van der Waals surface area contributed by atoms with Gasteiger partial charge in [-0.1, -0.05) is 6.07 Å². The van der Waals surface area contributed by atoms with Crippen LogP contribution in [-0.2, 0) is 14.3 Å². The third-order valence-electron chi connectivity index (χ3n) is 2.31. The molecule has 0 bridgehead atoms. The van der Waals surface area contributed by atoms with Crippen LogP contribution in [0.4, 0.5) is 5.69 Å². The number of ether oxygens (including phenoxy) is 1. The van der Waals surface area contributed by atoms with E-state index in [1.54, 1.807) is 18.2 Å². The van der Waals surface area contributed by atoms with Crippen LogP contribution in [0.2, 0.25) is 0 Å². The normalized spacial score (nSPS) is 9.55. The smallest absolute Gasteiger partial charge is 0.338 e. The van der Waals surface area contributed by atoms with E-state index in [9.17, 15) is 14.4 Å². The highest BCUT2D eigenvalue weighted by Crippen LogP contribution is 2.14. The molecule has 0 aliphatic rings. The minimum atomic E-state index is -0.614. The zero-order valence-corrected chi connectivity index (χ0v) is 11.6. The number of nitrogens with one attached hydrogen (secondary N) is 2. The van der Waals surface area contributed by atoms with Crippen LogP contribution in [0.1, 0.15) is 17.3 Å². The lowest BCUT2D eigenvalue weighted by Crippen LogP contribution is -2.42. The van der Waals surface area contributed by atoms with E-state index in [1.807, 2.05) is 25.1 Å². The second-order valence-corrected chi connectivity index (χ2v) is 4.25. The van der Waals surface area contributed by atoms with Crippen molar-refractivity contribution in [2.45, 2.75) is 6.92 Å². The number of carbonyl (C=O) groups excluding carboxylic acids is 3. The molecule has 1 aromatic carbocycles. The molecule has 0 spiro atoms. The van der Waals surface area contributed by atoms with Gasteiger partial charge in [-0.15, -0.1) is 0 Å². The number of hydrazine groups is 1. The maximum atomic E-state index is 11.8. The Morgan fingerprint density at radius 3 is 2.50 bits per heavy atom. The third-order valence-corrected chi connectivity index (χ3v) is 2.31. The van der Waals surface area contributed by atoms with Crippen molar-refractivity contribution >= 4 is 23.5 Å². The molecule has 2 N–H and O–H groups in total. The van der Waals surface area contributed by atoms with Gasteiger partial charge in [0, 0.05) is 26.7 Å². The number of rotatable bonds is 4. The van der Waals surface area contributed by atoms with Gasteiger partial charge in [-0.25, -0.2) is 4.79 Å². The average molecular weight is 279 g/mol. The van der Waals surface area contributed by atoms with Gasteiger partial charge in [0.15, 0.2) is 6.61 Å². The summed E-state index contributed by atoms with van der Waals surface area (Å²) in [4.78, 5) is 35.4. The summed E-state index contributed by atoms with van der Waals surface area (Å²) in [6.07, 6.45) is 0. The fourth-order valence-corrected chi connectivity index (χ4v) is 1.32. The molecule has 0 saturated heterocycles. The first-order chi connectivity index (χ1) is 9.40. The van der Waals surface area contributed by atoms with Crippen LogP contribution in [0.5, 0.6) is 0 Å². The Hall–Kier alpha value is -2.57. The largest absolute Gasteiger partial charge is 0.452 e. The van der Waals surface area contributed by atoms with Gasteiger partial charge in [0.1, 0.15) is 0 Å². The van der Waals surface area contributed by atoms with Gasteiger partial charge < -0.3 is 9.64 Å². The molecule has 0 saturated carbocycles. The van der Waals surface area contributed by atoms with Gasteiger partial charge in [0.05, 0.1) is 5.56 Å². The van der Waals surface area contributed by atoms with Gasteiger partial charge in [-0.3, -0.25) is 20.4 Å². The predicted molar refractivity (Wildman–Crippen MR) is 73.0 cm³/mol. The van der Waals surface area contributed by atoms with Gasteiger partial charge in [0.2, 0.25) is 5.91 Å². The number of amides is 2. The summed E-state index contributed by atoms with van der Waals surface area (Å²) in [7, 11) is 3.71. The molecule has 108 valence electrons. The Kier molecular flexibility index (Phi) is 5.52. The summed E-state index contributed by atoms with van der Waals surface area (Å²) in [6, 6.07) is 6.83. The van der Waals surface area contributed by atoms with Crippen molar-refractivity contribution in [3.63, 3.8) is 0 Å². The summed E-state index contributed by atoms with van der Waals surface area (Å²) in [5.74, 6) is -1.63. The molecule has 7 heteroatoms. The predicted octanol–water partition coefficient (Wildman–Crippen LogP) is 0.0767. The van der Waals surface area contributed by atoms with E-state index in [-0.39, 0.29) is 0 Å². The van der Waals surface area contributed by atoms with E-state index < -0.39 is 24.4 Å². The summed E-state index contributed by atoms with van der Waals surface area (Å²) >= 11 is 0. The van der Waals surface area contributed by atoms with Crippen molar-refractivity contribution < 1.29 is 19.1 Å². The Bertz CT molecular complexity index is 514. The molecular weight excluding hydrogens is 262 g/mol. The highest BCUT2D eigenvalue weighted by Gasteiger charge is 2.11. The molecule has 0 unspecified atom stereocenters. The molecule has 0 aliphatic heterocycles. The molecule has 0 heterocycles. The molecule has 0 aliphatic carbocycles. The molecule has 0 atom stereocenters. The van der Waals surface area contributed by atoms with Crippen molar-refractivity contribution in [1.29, 1.82) is 0 Å². The number of hydrogen-bond donors (Lipinski definition) is 2. The zero-order chi connectivity index (χ0) is 15.1. The van der Waals surface area contributed by atoms with Gasteiger partial charge in [0.25, 0.3) is 5.91 Å². The Labute approximate surface area is 116 Å². The van der Waals surface area contributed by atoms with Crippen LogP contribution < -0.4 is 15.8 Å². The maximum Gasteiger partial charge on any atom is 0.338 e. The lowest BCUT2D eigenvalue weighted by atomic mass is 10.2. The molecule has 0 fully saturated rings. The van der Waals surface area contributed by atoms with Crippen LogP contribution in [0.3, 0.4) is 0 Å². The van der Waals surface area contributed by atoms with Gasteiger partial charge in [-0.2, -0.15) is 0 Å². The second-order valence-electron chi connectivity index (χ2n) is 4.25. The van der Waals surface area contributed by atoms with Crippen LogP contribution in [0.25, 0.3) is 0 Å². The molecule has 0 aromatic heterocycles. The fraction of sp³-hybridized carbons (Fsp3) is 0.308. The Balaban J connectivity index is 2.52. The third kappa shape index (κ3) is 4.97. The van der Waals surface area contributed by atoms with Gasteiger partial charge in [-0.05, 0) is 18.2 Å². The van der Waals surface area contributed by atoms with E-state index in [2.05, 4.69) is 10.9 Å². The van der Waals surface area contributed by atoms with Crippen molar-refractivity contribution in [1.82, 2.24) is 10.9 Å². The first-order valence-corrected chi connectivity index (χ1v) is 5.90. The topological polar surface area (TPSA) is 87.7 Å². The number of nitrogens with zero attached hydrogens (tertiary/aromatic N) is 1. The minimum absolute atomic E-state index is 0.350. The van der Waals surface area contributed by atoms with Crippen molar-refractivity contribution in [3.05, 3.63) is 29.8 Å². The Morgan fingerprint density at radius 2 is 1.90 bits per heavy atom. The first-order valence-electron chi connectivity index (χ1n) is 5.90. The number of carbonyl (C=O) groups is 3. The highest BCUT2D eigenvalue weighted by molar-refractivity contribution is 5.92. The SMILES string of the molecule is CC(=O)NNC(=O)COC(=O)c1cccc(N(C)C)c1. The summed E-state index contributed by atoms with van der Waals surface area (Å²) < 4.78 is 4.84. The number of esters is 1. The molecule has 7 nitrogen and oxygen atoms in total. The van der Waals surface area contributed by atoms with Crippen LogP contribution in [0, 0.1) is 0 Å².